The molecular formula is C15H22ClNO2. The highest BCUT2D eigenvalue weighted by Gasteiger charge is 2.14. The number of ether oxygens (including phenoxy) is 2. The highest BCUT2D eigenvalue weighted by Crippen LogP contribution is 2.26. The molecule has 4 heteroatoms. The summed E-state index contributed by atoms with van der Waals surface area (Å²) >= 11 is 6.00. The predicted molar refractivity (Wildman–Crippen MR) is 78.3 cm³/mol. The largest absolute Gasteiger partial charge is 0.492 e. The fraction of sp³-hybridized carbons (Fsp3) is 0.600. The van der Waals surface area contributed by atoms with Crippen LogP contribution >= 0.6 is 11.6 Å². The summed E-state index contributed by atoms with van der Waals surface area (Å²) in [5.74, 6) is 0.948. The fourth-order valence-electron chi connectivity index (χ4n) is 2.42. The van der Waals surface area contributed by atoms with Crippen LogP contribution in [0.2, 0.25) is 5.02 Å². The standard InChI is InChI=1S/C15H22ClNO2/c1-11-8-13(16)9-12(2)15(11)19-7-5-17-10-14-4-3-6-18-14/h8-9,14,17H,3-7,10H2,1-2H3. The van der Waals surface area contributed by atoms with E-state index in [1.165, 1.54) is 12.8 Å². The van der Waals surface area contributed by atoms with Crippen molar-refractivity contribution >= 4 is 11.6 Å². The second-order valence-corrected chi connectivity index (χ2v) is 5.49. The first-order valence-corrected chi connectivity index (χ1v) is 7.26. The maximum absolute atomic E-state index is 6.00. The van der Waals surface area contributed by atoms with Crippen LogP contribution in [0.5, 0.6) is 5.75 Å². The number of rotatable bonds is 6. The molecular weight excluding hydrogens is 262 g/mol. The van der Waals surface area contributed by atoms with Crippen LogP contribution in [0.25, 0.3) is 0 Å². The second kappa shape index (κ2) is 7.13. The summed E-state index contributed by atoms with van der Waals surface area (Å²) in [5, 5.41) is 4.13. The van der Waals surface area contributed by atoms with Gasteiger partial charge >= 0.3 is 0 Å². The van der Waals surface area contributed by atoms with Gasteiger partial charge in [0, 0.05) is 24.7 Å². The SMILES string of the molecule is Cc1cc(Cl)cc(C)c1OCCNCC1CCCO1. The number of benzene rings is 1. The lowest BCUT2D eigenvalue weighted by Crippen LogP contribution is -2.29. The number of hydrogen-bond acceptors (Lipinski definition) is 3. The van der Waals surface area contributed by atoms with E-state index in [-0.39, 0.29) is 0 Å². The van der Waals surface area contributed by atoms with E-state index in [2.05, 4.69) is 5.32 Å². The summed E-state index contributed by atoms with van der Waals surface area (Å²) in [5.41, 5.74) is 2.17. The van der Waals surface area contributed by atoms with E-state index in [0.29, 0.717) is 12.7 Å². The van der Waals surface area contributed by atoms with Crippen molar-refractivity contribution in [2.45, 2.75) is 32.8 Å². The van der Waals surface area contributed by atoms with Crippen molar-refractivity contribution in [2.75, 3.05) is 26.3 Å². The van der Waals surface area contributed by atoms with Gasteiger partial charge in [-0.3, -0.25) is 0 Å². The van der Waals surface area contributed by atoms with Crippen LogP contribution in [0.15, 0.2) is 12.1 Å². The van der Waals surface area contributed by atoms with Crippen molar-refractivity contribution < 1.29 is 9.47 Å². The molecule has 106 valence electrons. The van der Waals surface area contributed by atoms with Crippen molar-refractivity contribution in [2.24, 2.45) is 0 Å². The molecule has 1 atom stereocenters. The monoisotopic (exact) mass is 283 g/mol. The molecule has 19 heavy (non-hydrogen) atoms. The molecule has 1 aliphatic heterocycles. The first-order chi connectivity index (χ1) is 9.16. The minimum atomic E-state index is 0.388. The summed E-state index contributed by atoms with van der Waals surface area (Å²) < 4.78 is 11.4. The molecule has 2 rings (SSSR count). The average molecular weight is 284 g/mol. The summed E-state index contributed by atoms with van der Waals surface area (Å²) in [7, 11) is 0. The van der Waals surface area contributed by atoms with E-state index < -0.39 is 0 Å². The Balaban J connectivity index is 1.70. The predicted octanol–water partition coefficient (Wildman–Crippen LogP) is 3.10. The van der Waals surface area contributed by atoms with Gasteiger partial charge in [-0.2, -0.15) is 0 Å². The molecule has 1 aliphatic rings. The van der Waals surface area contributed by atoms with Crippen LogP contribution in [-0.4, -0.2) is 32.4 Å². The van der Waals surface area contributed by atoms with Gasteiger partial charge in [0.2, 0.25) is 0 Å². The summed E-state index contributed by atoms with van der Waals surface area (Å²) in [6.45, 7) is 7.37. The lowest BCUT2D eigenvalue weighted by Gasteiger charge is -2.14. The maximum atomic E-state index is 6.00. The molecule has 1 saturated heterocycles. The minimum Gasteiger partial charge on any atom is -0.492 e. The highest BCUT2D eigenvalue weighted by molar-refractivity contribution is 6.30. The molecule has 0 bridgehead atoms. The highest BCUT2D eigenvalue weighted by atomic mass is 35.5. The number of nitrogens with one attached hydrogen (secondary N) is 1. The van der Waals surface area contributed by atoms with E-state index in [1.807, 2.05) is 26.0 Å². The number of halogens is 1. The van der Waals surface area contributed by atoms with Crippen LogP contribution in [0.1, 0.15) is 24.0 Å². The van der Waals surface area contributed by atoms with Crippen molar-refractivity contribution in [3.8, 4) is 5.75 Å². The molecule has 0 amide bonds. The van der Waals surface area contributed by atoms with Gasteiger partial charge in [-0.05, 0) is 49.9 Å². The third-order valence-electron chi connectivity index (χ3n) is 3.35. The molecule has 0 saturated carbocycles. The molecule has 1 aromatic carbocycles. The molecule has 3 nitrogen and oxygen atoms in total. The molecule has 1 fully saturated rings. The van der Waals surface area contributed by atoms with Gasteiger partial charge in [0.25, 0.3) is 0 Å². The Morgan fingerprint density at radius 2 is 2.11 bits per heavy atom. The maximum Gasteiger partial charge on any atom is 0.125 e. The van der Waals surface area contributed by atoms with E-state index in [0.717, 1.165) is 41.6 Å². The van der Waals surface area contributed by atoms with E-state index >= 15 is 0 Å². The Bertz CT molecular complexity index is 394. The van der Waals surface area contributed by atoms with E-state index in [1.54, 1.807) is 0 Å². The molecule has 0 radical (unpaired) electrons. The Morgan fingerprint density at radius 3 is 2.74 bits per heavy atom. The number of aryl methyl sites for hydroxylation is 2. The van der Waals surface area contributed by atoms with Crippen LogP contribution in [0, 0.1) is 13.8 Å². The average Bonchev–Trinajstić information content (AvgIpc) is 2.84. The van der Waals surface area contributed by atoms with Crippen molar-refractivity contribution in [1.82, 2.24) is 5.32 Å². The lowest BCUT2D eigenvalue weighted by atomic mass is 10.1. The van der Waals surface area contributed by atoms with Crippen LogP contribution < -0.4 is 10.1 Å². The number of hydrogen-bond donors (Lipinski definition) is 1. The molecule has 1 unspecified atom stereocenters. The molecule has 1 aromatic rings. The Hall–Kier alpha value is -0.770. The van der Waals surface area contributed by atoms with Crippen LogP contribution in [0.3, 0.4) is 0 Å². The molecule has 0 aliphatic carbocycles. The van der Waals surface area contributed by atoms with Gasteiger partial charge in [-0.1, -0.05) is 11.6 Å². The van der Waals surface area contributed by atoms with E-state index in [9.17, 15) is 0 Å². The quantitative estimate of drug-likeness (QED) is 0.814. The Kier molecular flexibility index (Phi) is 5.49. The zero-order valence-corrected chi connectivity index (χ0v) is 12.4. The van der Waals surface area contributed by atoms with Crippen molar-refractivity contribution in [3.63, 3.8) is 0 Å². The van der Waals surface area contributed by atoms with Crippen molar-refractivity contribution in [3.05, 3.63) is 28.3 Å². The summed E-state index contributed by atoms with van der Waals surface area (Å²) in [6, 6.07) is 3.87. The zero-order valence-electron chi connectivity index (χ0n) is 11.7. The van der Waals surface area contributed by atoms with Gasteiger partial charge in [0.05, 0.1) is 6.10 Å². The van der Waals surface area contributed by atoms with E-state index in [4.69, 9.17) is 21.1 Å². The lowest BCUT2D eigenvalue weighted by molar-refractivity contribution is 0.109. The minimum absolute atomic E-state index is 0.388. The molecule has 1 N–H and O–H groups in total. The first kappa shape index (κ1) is 14.6. The third-order valence-corrected chi connectivity index (χ3v) is 3.56. The van der Waals surface area contributed by atoms with Crippen LogP contribution in [0.4, 0.5) is 0 Å². The Morgan fingerprint density at radius 1 is 1.37 bits per heavy atom. The second-order valence-electron chi connectivity index (χ2n) is 5.06. The molecule has 0 aromatic heterocycles. The summed E-state index contributed by atoms with van der Waals surface area (Å²) in [4.78, 5) is 0. The van der Waals surface area contributed by atoms with Gasteiger partial charge < -0.3 is 14.8 Å². The smallest absolute Gasteiger partial charge is 0.125 e. The topological polar surface area (TPSA) is 30.5 Å². The van der Waals surface area contributed by atoms with Gasteiger partial charge in [-0.15, -0.1) is 0 Å². The zero-order chi connectivity index (χ0) is 13.7. The Labute approximate surface area is 120 Å². The van der Waals surface area contributed by atoms with Crippen LogP contribution in [-0.2, 0) is 4.74 Å². The van der Waals surface area contributed by atoms with Gasteiger partial charge in [-0.25, -0.2) is 0 Å². The molecule has 0 spiro atoms. The van der Waals surface area contributed by atoms with Gasteiger partial charge in [0.15, 0.2) is 0 Å². The fourth-order valence-corrected chi connectivity index (χ4v) is 2.75. The third kappa shape index (κ3) is 4.37. The molecule has 1 heterocycles. The first-order valence-electron chi connectivity index (χ1n) is 6.88. The normalized spacial score (nSPS) is 18.8. The van der Waals surface area contributed by atoms with Crippen molar-refractivity contribution in [1.29, 1.82) is 0 Å². The summed E-state index contributed by atoms with van der Waals surface area (Å²) in [6.07, 6.45) is 2.74. The van der Waals surface area contributed by atoms with Gasteiger partial charge in [0.1, 0.15) is 12.4 Å².